The molecule has 0 radical (unpaired) electrons. The van der Waals surface area contributed by atoms with Gasteiger partial charge in [-0.15, -0.1) is 0 Å². The highest BCUT2D eigenvalue weighted by molar-refractivity contribution is 6.33. The number of nitrogens with one attached hydrogen (secondary N) is 1. The van der Waals surface area contributed by atoms with Crippen LogP contribution in [0, 0.1) is 5.92 Å². The first-order valence-electron chi connectivity index (χ1n) is 8.53. The van der Waals surface area contributed by atoms with Gasteiger partial charge in [0.15, 0.2) is 11.5 Å². The van der Waals surface area contributed by atoms with E-state index in [1.165, 1.54) is 12.1 Å². The molecule has 0 saturated carbocycles. The standard InChI is InChI=1S/C20H23ClN2O4/c1-13(2)8-9-27-18-7-4-14(10-19(18)26-3)12-22-23-15-5-6-17(21)16(11-15)20(24)25/h4-7,10-13,23H,8-9H2,1-3H3,(H,24,25). The zero-order valence-corrected chi connectivity index (χ0v) is 16.3. The molecule has 2 aromatic carbocycles. The van der Waals surface area contributed by atoms with Crippen molar-refractivity contribution in [2.75, 3.05) is 19.1 Å². The van der Waals surface area contributed by atoms with Crippen molar-refractivity contribution in [1.29, 1.82) is 0 Å². The Bertz CT molecular complexity index is 822. The van der Waals surface area contributed by atoms with Crippen molar-refractivity contribution in [3.63, 3.8) is 0 Å². The van der Waals surface area contributed by atoms with Gasteiger partial charge in [0.2, 0.25) is 0 Å². The van der Waals surface area contributed by atoms with E-state index in [4.69, 9.17) is 26.2 Å². The van der Waals surface area contributed by atoms with Crippen molar-refractivity contribution in [2.24, 2.45) is 11.0 Å². The SMILES string of the molecule is COc1cc(C=NNc2ccc(Cl)c(C(=O)O)c2)ccc1OCCC(C)C. The Kier molecular flexibility index (Phi) is 7.49. The molecule has 0 spiro atoms. The zero-order valence-electron chi connectivity index (χ0n) is 15.5. The van der Waals surface area contributed by atoms with Gasteiger partial charge >= 0.3 is 5.97 Å². The molecule has 0 saturated heterocycles. The lowest BCUT2D eigenvalue weighted by Gasteiger charge is -2.12. The normalized spacial score (nSPS) is 11.0. The summed E-state index contributed by atoms with van der Waals surface area (Å²) in [4.78, 5) is 11.1. The lowest BCUT2D eigenvalue weighted by atomic mass is 10.1. The van der Waals surface area contributed by atoms with Gasteiger partial charge in [0, 0.05) is 0 Å². The first-order chi connectivity index (χ1) is 12.9. The third kappa shape index (κ3) is 6.18. The number of aromatic carboxylic acids is 1. The predicted molar refractivity (Wildman–Crippen MR) is 108 cm³/mol. The molecular formula is C20H23ClN2O4. The average Bonchev–Trinajstić information content (AvgIpc) is 2.63. The van der Waals surface area contributed by atoms with Crippen LogP contribution in [0.25, 0.3) is 0 Å². The summed E-state index contributed by atoms with van der Waals surface area (Å²) in [5, 5.41) is 13.4. The molecule has 0 bridgehead atoms. The van der Waals surface area contributed by atoms with Crippen LogP contribution >= 0.6 is 11.6 Å². The maximum absolute atomic E-state index is 11.1. The van der Waals surface area contributed by atoms with Crippen LogP contribution in [-0.2, 0) is 0 Å². The Hall–Kier alpha value is -2.73. The van der Waals surface area contributed by atoms with Gasteiger partial charge in [0.1, 0.15) is 0 Å². The fourth-order valence-corrected chi connectivity index (χ4v) is 2.43. The first kappa shape index (κ1) is 20.6. The molecule has 0 aromatic heterocycles. The van der Waals surface area contributed by atoms with E-state index in [0.717, 1.165) is 12.0 Å². The lowest BCUT2D eigenvalue weighted by Crippen LogP contribution is -2.03. The minimum absolute atomic E-state index is 0.0152. The van der Waals surface area contributed by atoms with Crippen molar-refractivity contribution >= 4 is 29.5 Å². The lowest BCUT2D eigenvalue weighted by molar-refractivity contribution is 0.0697. The van der Waals surface area contributed by atoms with E-state index >= 15 is 0 Å². The molecule has 6 nitrogen and oxygen atoms in total. The van der Waals surface area contributed by atoms with E-state index in [9.17, 15) is 4.79 Å². The van der Waals surface area contributed by atoms with Crippen LogP contribution < -0.4 is 14.9 Å². The summed E-state index contributed by atoms with van der Waals surface area (Å²) in [6, 6.07) is 10.1. The summed E-state index contributed by atoms with van der Waals surface area (Å²) >= 11 is 5.85. The predicted octanol–water partition coefficient (Wildman–Crippen LogP) is 4.92. The molecule has 0 atom stereocenters. The largest absolute Gasteiger partial charge is 0.493 e. The zero-order chi connectivity index (χ0) is 19.8. The van der Waals surface area contributed by atoms with Crippen molar-refractivity contribution < 1.29 is 19.4 Å². The Morgan fingerprint density at radius 1 is 1.26 bits per heavy atom. The molecule has 7 heteroatoms. The van der Waals surface area contributed by atoms with Gasteiger partial charge in [-0.05, 0) is 54.3 Å². The highest BCUT2D eigenvalue weighted by atomic mass is 35.5. The number of benzene rings is 2. The second kappa shape index (κ2) is 9.83. The topological polar surface area (TPSA) is 80.2 Å². The number of hydrogen-bond donors (Lipinski definition) is 2. The third-order valence-electron chi connectivity index (χ3n) is 3.74. The Morgan fingerprint density at radius 2 is 2.04 bits per heavy atom. The smallest absolute Gasteiger partial charge is 0.337 e. The fraction of sp³-hybridized carbons (Fsp3) is 0.300. The van der Waals surface area contributed by atoms with E-state index in [-0.39, 0.29) is 10.6 Å². The number of methoxy groups -OCH3 is 1. The Labute approximate surface area is 163 Å². The summed E-state index contributed by atoms with van der Waals surface area (Å²) in [7, 11) is 1.59. The summed E-state index contributed by atoms with van der Waals surface area (Å²) in [5.74, 6) is 0.794. The van der Waals surface area contributed by atoms with E-state index in [1.807, 2.05) is 18.2 Å². The van der Waals surface area contributed by atoms with Crippen molar-refractivity contribution in [3.05, 3.63) is 52.5 Å². The quantitative estimate of drug-likeness (QED) is 0.469. The van der Waals surface area contributed by atoms with Crippen LogP contribution in [0.1, 0.15) is 36.2 Å². The number of rotatable bonds is 9. The number of carboxylic acid groups (broad SMARTS) is 1. The molecule has 0 fully saturated rings. The molecular weight excluding hydrogens is 368 g/mol. The van der Waals surface area contributed by atoms with Crippen molar-refractivity contribution in [3.8, 4) is 11.5 Å². The molecule has 144 valence electrons. The van der Waals surface area contributed by atoms with Gasteiger partial charge in [-0.2, -0.15) is 5.10 Å². The molecule has 2 N–H and O–H groups in total. The number of ether oxygens (including phenoxy) is 2. The van der Waals surface area contributed by atoms with Crippen molar-refractivity contribution in [2.45, 2.75) is 20.3 Å². The number of hydrogen-bond acceptors (Lipinski definition) is 5. The number of nitrogens with zero attached hydrogens (tertiary/aromatic N) is 1. The molecule has 0 aliphatic rings. The van der Waals surface area contributed by atoms with Gasteiger partial charge in [-0.25, -0.2) is 4.79 Å². The van der Waals surface area contributed by atoms with Crippen LogP contribution in [0.2, 0.25) is 5.02 Å². The molecule has 0 aliphatic carbocycles. The van der Waals surface area contributed by atoms with E-state index < -0.39 is 5.97 Å². The van der Waals surface area contributed by atoms with Gasteiger partial charge in [-0.1, -0.05) is 25.4 Å². The van der Waals surface area contributed by atoms with Crippen LogP contribution in [-0.4, -0.2) is 31.0 Å². The molecule has 0 heterocycles. The maximum atomic E-state index is 11.1. The van der Waals surface area contributed by atoms with Gasteiger partial charge in [0.25, 0.3) is 0 Å². The molecule has 2 rings (SSSR count). The fourth-order valence-electron chi connectivity index (χ4n) is 2.23. The number of carbonyl (C=O) groups is 1. The van der Waals surface area contributed by atoms with Crippen LogP contribution in [0.3, 0.4) is 0 Å². The summed E-state index contributed by atoms with van der Waals surface area (Å²) in [6.07, 6.45) is 2.57. The highest BCUT2D eigenvalue weighted by Gasteiger charge is 2.09. The first-order valence-corrected chi connectivity index (χ1v) is 8.91. The maximum Gasteiger partial charge on any atom is 0.337 e. The van der Waals surface area contributed by atoms with Crippen LogP contribution in [0.4, 0.5) is 5.69 Å². The number of anilines is 1. The van der Waals surface area contributed by atoms with Crippen LogP contribution in [0.15, 0.2) is 41.5 Å². The molecule has 2 aromatic rings. The second-order valence-corrected chi connectivity index (χ2v) is 6.72. The number of hydrazone groups is 1. The van der Waals surface area contributed by atoms with Gasteiger partial charge in [0.05, 0.1) is 36.2 Å². The van der Waals surface area contributed by atoms with Gasteiger partial charge in [-0.3, -0.25) is 5.43 Å². The van der Waals surface area contributed by atoms with Crippen LogP contribution in [0.5, 0.6) is 11.5 Å². The van der Waals surface area contributed by atoms with E-state index in [2.05, 4.69) is 24.4 Å². The minimum atomic E-state index is -1.09. The second-order valence-electron chi connectivity index (χ2n) is 6.31. The summed E-state index contributed by atoms with van der Waals surface area (Å²) < 4.78 is 11.1. The van der Waals surface area contributed by atoms with Gasteiger partial charge < -0.3 is 14.6 Å². The Morgan fingerprint density at radius 3 is 2.70 bits per heavy atom. The molecule has 0 unspecified atom stereocenters. The molecule has 27 heavy (non-hydrogen) atoms. The summed E-state index contributed by atoms with van der Waals surface area (Å²) in [6.45, 7) is 4.92. The highest BCUT2D eigenvalue weighted by Crippen LogP contribution is 2.28. The Balaban J connectivity index is 2.04. The number of carboxylic acids is 1. The molecule has 0 aliphatic heterocycles. The van der Waals surface area contributed by atoms with Crippen molar-refractivity contribution in [1.82, 2.24) is 0 Å². The average molecular weight is 391 g/mol. The van der Waals surface area contributed by atoms with E-state index in [0.29, 0.717) is 29.7 Å². The molecule has 0 amide bonds. The minimum Gasteiger partial charge on any atom is -0.493 e. The van der Waals surface area contributed by atoms with E-state index in [1.54, 1.807) is 19.4 Å². The summed E-state index contributed by atoms with van der Waals surface area (Å²) in [5.41, 5.74) is 4.14. The monoisotopic (exact) mass is 390 g/mol. The number of halogens is 1. The third-order valence-corrected chi connectivity index (χ3v) is 4.07.